The first-order valence-corrected chi connectivity index (χ1v) is 10.4. The minimum Gasteiger partial charge on any atom is -0.457 e. The smallest absolute Gasteiger partial charge is 0.254 e. The number of anilines is 1. The molecule has 5 rings (SSSR count). The number of hydrogen-bond donors (Lipinski definition) is 3. The van der Waals surface area contributed by atoms with Gasteiger partial charge >= 0.3 is 0 Å². The van der Waals surface area contributed by atoms with Gasteiger partial charge in [-0.1, -0.05) is 18.2 Å². The molecule has 4 N–H and O–H groups in total. The lowest BCUT2D eigenvalue weighted by Crippen LogP contribution is -2.37. The van der Waals surface area contributed by atoms with Crippen LogP contribution in [0.5, 0.6) is 11.5 Å². The molecule has 3 aromatic rings. The molecule has 1 saturated heterocycles. The predicted octanol–water partition coefficient (Wildman–Crippen LogP) is 3.55. The number of rotatable bonds is 5. The number of carbonyl (C=O) groups is 1. The summed E-state index contributed by atoms with van der Waals surface area (Å²) in [6, 6.07) is 17.8. The summed E-state index contributed by atoms with van der Waals surface area (Å²) in [7, 11) is 0. The SMILES string of the molecule is NC(=O)c1c(-c2ccc(Oc3ccccc3)cc2)nn2c1NCCC2C1CCCN1. The van der Waals surface area contributed by atoms with Gasteiger partial charge in [0.25, 0.3) is 5.91 Å². The number of ether oxygens (including phenoxy) is 1. The quantitative estimate of drug-likeness (QED) is 0.606. The first-order chi connectivity index (χ1) is 14.7. The molecule has 7 heteroatoms. The number of amides is 1. The van der Waals surface area contributed by atoms with Crippen molar-refractivity contribution in [2.75, 3.05) is 18.4 Å². The number of nitrogens with two attached hydrogens (primary N) is 1. The Kier molecular flexibility index (Phi) is 4.88. The maximum absolute atomic E-state index is 12.4. The largest absolute Gasteiger partial charge is 0.457 e. The lowest BCUT2D eigenvalue weighted by Gasteiger charge is -2.30. The van der Waals surface area contributed by atoms with Gasteiger partial charge in [-0.05, 0) is 62.2 Å². The van der Waals surface area contributed by atoms with Gasteiger partial charge in [-0.2, -0.15) is 5.10 Å². The van der Waals surface area contributed by atoms with Crippen LogP contribution in [0.15, 0.2) is 54.6 Å². The van der Waals surface area contributed by atoms with Gasteiger partial charge in [0.1, 0.15) is 28.6 Å². The summed E-state index contributed by atoms with van der Waals surface area (Å²) in [5.74, 6) is 1.76. The minimum atomic E-state index is -0.469. The Labute approximate surface area is 175 Å². The lowest BCUT2D eigenvalue weighted by molar-refractivity contribution is 0.100. The van der Waals surface area contributed by atoms with E-state index in [4.69, 9.17) is 15.6 Å². The van der Waals surface area contributed by atoms with E-state index in [0.717, 1.165) is 48.8 Å². The van der Waals surface area contributed by atoms with Crippen molar-refractivity contribution >= 4 is 11.7 Å². The van der Waals surface area contributed by atoms with E-state index in [2.05, 4.69) is 10.6 Å². The number of carbonyl (C=O) groups excluding carboxylic acids is 1. The van der Waals surface area contributed by atoms with Crippen LogP contribution in [0.4, 0.5) is 5.82 Å². The zero-order valence-electron chi connectivity index (χ0n) is 16.7. The van der Waals surface area contributed by atoms with Crippen molar-refractivity contribution in [2.24, 2.45) is 5.73 Å². The number of aromatic nitrogens is 2. The normalized spacial score (nSPS) is 20.4. The summed E-state index contributed by atoms with van der Waals surface area (Å²) in [6.45, 7) is 1.84. The summed E-state index contributed by atoms with van der Waals surface area (Å²) in [5, 5.41) is 11.8. The van der Waals surface area contributed by atoms with E-state index in [0.29, 0.717) is 17.3 Å². The van der Waals surface area contributed by atoms with E-state index in [9.17, 15) is 4.79 Å². The molecular weight excluding hydrogens is 378 g/mol. The van der Waals surface area contributed by atoms with Crippen LogP contribution in [-0.4, -0.2) is 34.8 Å². The van der Waals surface area contributed by atoms with E-state index in [1.807, 2.05) is 59.3 Å². The number of para-hydroxylation sites is 1. The molecular formula is C23H25N5O2. The monoisotopic (exact) mass is 403 g/mol. The summed E-state index contributed by atoms with van der Waals surface area (Å²) in [5.41, 5.74) is 7.68. The molecule has 30 heavy (non-hydrogen) atoms. The van der Waals surface area contributed by atoms with Crippen LogP contribution in [0.3, 0.4) is 0 Å². The topological polar surface area (TPSA) is 94.2 Å². The highest BCUT2D eigenvalue weighted by Gasteiger charge is 2.34. The molecule has 1 aromatic heterocycles. The average molecular weight is 403 g/mol. The molecule has 3 heterocycles. The van der Waals surface area contributed by atoms with Crippen molar-refractivity contribution in [1.82, 2.24) is 15.1 Å². The maximum atomic E-state index is 12.4. The van der Waals surface area contributed by atoms with Gasteiger partial charge < -0.3 is 21.1 Å². The maximum Gasteiger partial charge on any atom is 0.254 e. The fourth-order valence-corrected chi connectivity index (χ4v) is 4.46. The number of primary amides is 1. The highest BCUT2D eigenvalue weighted by molar-refractivity contribution is 6.03. The van der Waals surface area contributed by atoms with Crippen molar-refractivity contribution < 1.29 is 9.53 Å². The Balaban J connectivity index is 1.49. The first-order valence-electron chi connectivity index (χ1n) is 10.4. The lowest BCUT2D eigenvalue weighted by atomic mass is 10.0. The van der Waals surface area contributed by atoms with Gasteiger partial charge in [0.15, 0.2) is 0 Å². The number of nitrogens with one attached hydrogen (secondary N) is 2. The fraction of sp³-hybridized carbons (Fsp3) is 0.304. The van der Waals surface area contributed by atoms with Crippen LogP contribution in [0.2, 0.25) is 0 Å². The molecule has 0 saturated carbocycles. The minimum absolute atomic E-state index is 0.219. The van der Waals surface area contributed by atoms with E-state index >= 15 is 0 Å². The van der Waals surface area contributed by atoms with Crippen LogP contribution >= 0.6 is 0 Å². The first kappa shape index (κ1) is 18.7. The van der Waals surface area contributed by atoms with E-state index in [1.54, 1.807) is 0 Å². The van der Waals surface area contributed by atoms with Gasteiger partial charge in [0.2, 0.25) is 0 Å². The number of hydrogen-bond acceptors (Lipinski definition) is 5. The molecule has 2 atom stereocenters. The van der Waals surface area contributed by atoms with Gasteiger partial charge in [0, 0.05) is 18.2 Å². The molecule has 0 spiro atoms. The Morgan fingerprint density at radius 2 is 1.80 bits per heavy atom. The molecule has 0 aliphatic carbocycles. The summed E-state index contributed by atoms with van der Waals surface area (Å²) in [6.07, 6.45) is 3.26. The molecule has 7 nitrogen and oxygen atoms in total. The molecule has 2 aliphatic heterocycles. The fourth-order valence-electron chi connectivity index (χ4n) is 4.46. The Hall–Kier alpha value is -3.32. The van der Waals surface area contributed by atoms with Gasteiger partial charge in [0.05, 0.1) is 6.04 Å². The van der Waals surface area contributed by atoms with Crippen molar-refractivity contribution in [2.45, 2.75) is 31.3 Å². The Bertz CT molecular complexity index is 1040. The van der Waals surface area contributed by atoms with Gasteiger partial charge in [-0.3, -0.25) is 4.79 Å². The molecule has 0 radical (unpaired) electrons. The van der Waals surface area contributed by atoms with Crippen molar-refractivity contribution in [1.29, 1.82) is 0 Å². The van der Waals surface area contributed by atoms with Crippen molar-refractivity contribution in [3.8, 4) is 22.8 Å². The van der Waals surface area contributed by atoms with E-state index in [1.165, 1.54) is 6.42 Å². The van der Waals surface area contributed by atoms with Gasteiger partial charge in [-0.15, -0.1) is 0 Å². The average Bonchev–Trinajstić information content (AvgIpc) is 3.43. The third kappa shape index (κ3) is 3.41. The van der Waals surface area contributed by atoms with Crippen LogP contribution in [0, 0.1) is 0 Å². The summed E-state index contributed by atoms with van der Waals surface area (Å²) >= 11 is 0. The molecule has 0 bridgehead atoms. The second kappa shape index (κ2) is 7.84. The molecule has 2 aromatic carbocycles. The molecule has 154 valence electrons. The van der Waals surface area contributed by atoms with Crippen molar-refractivity contribution in [3.63, 3.8) is 0 Å². The molecule has 2 unspecified atom stereocenters. The predicted molar refractivity (Wildman–Crippen MR) is 116 cm³/mol. The standard InChI is InChI=1S/C23H25N5O2/c24-22(29)20-21(15-8-10-17(11-9-15)30-16-5-2-1-3-6-16)27-28-19(12-14-26-23(20)28)18-7-4-13-25-18/h1-3,5-6,8-11,18-19,25-26H,4,7,12-14H2,(H2,24,29). The van der Waals surface area contributed by atoms with E-state index in [-0.39, 0.29) is 6.04 Å². The number of nitrogens with zero attached hydrogens (tertiary/aromatic N) is 2. The second-order valence-electron chi connectivity index (χ2n) is 7.81. The van der Waals surface area contributed by atoms with Crippen LogP contribution in [0.1, 0.15) is 35.7 Å². The Morgan fingerprint density at radius 3 is 2.50 bits per heavy atom. The summed E-state index contributed by atoms with van der Waals surface area (Å²) in [4.78, 5) is 12.4. The highest BCUT2D eigenvalue weighted by atomic mass is 16.5. The summed E-state index contributed by atoms with van der Waals surface area (Å²) < 4.78 is 7.84. The number of benzene rings is 2. The third-order valence-corrected chi connectivity index (χ3v) is 5.87. The van der Waals surface area contributed by atoms with Crippen molar-refractivity contribution in [3.05, 3.63) is 60.2 Å². The van der Waals surface area contributed by atoms with Crippen LogP contribution < -0.4 is 21.1 Å². The van der Waals surface area contributed by atoms with Crippen LogP contribution in [-0.2, 0) is 0 Å². The van der Waals surface area contributed by atoms with Crippen LogP contribution in [0.25, 0.3) is 11.3 Å². The Morgan fingerprint density at radius 1 is 1.03 bits per heavy atom. The number of fused-ring (bicyclic) bond motifs is 1. The third-order valence-electron chi connectivity index (χ3n) is 5.87. The van der Waals surface area contributed by atoms with E-state index < -0.39 is 5.91 Å². The zero-order chi connectivity index (χ0) is 20.5. The zero-order valence-corrected chi connectivity index (χ0v) is 16.7. The van der Waals surface area contributed by atoms with Gasteiger partial charge in [-0.25, -0.2) is 4.68 Å². The molecule has 2 aliphatic rings. The highest BCUT2D eigenvalue weighted by Crippen LogP contribution is 2.37. The molecule has 1 amide bonds. The molecule has 1 fully saturated rings. The second-order valence-corrected chi connectivity index (χ2v) is 7.81.